The van der Waals surface area contributed by atoms with Gasteiger partial charge in [-0.15, -0.1) is 0 Å². The molecule has 4 rings (SSSR count). The summed E-state index contributed by atoms with van der Waals surface area (Å²) in [6.07, 6.45) is 7.25. The van der Waals surface area contributed by atoms with Crippen LogP contribution in [0.2, 0.25) is 0 Å². The van der Waals surface area contributed by atoms with E-state index in [1.165, 1.54) is 6.42 Å². The van der Waals surface area contributed by atoms with Crippen molar-refractivity contribution in [1.29, 1.82) is 0 Å². The highest BCUT2D eigenvalue weighted by atomic mass is 16.5. The number of amides is 5. The Labute approximate surface area is 279 Å². The van der Waals surface area contributed by atoms with Gasteiger partial charge in [0.1, 0.15) is 5.75 Å². The number of nitrogens with zero attached hydrogens (tertiary/aromatic N) is 2. The summed E-state index contributed by atoms with van der Waals surface area (Å²) in [7, 11) is 1.73. The molecular formula is C36H53N5O6. The van der Waals surface area contributed by atoms with Gasteiger partial charge in [0.25, 0.3) is 5.91 Å². The van der Waals surface area contributed by atoms with Gasteiger partial charge < -0.3 is 40.3 Å². The molecule has 0 radical (unpaired) electrons. The topological polar surface area (TPSA) is 132 Å². The number of ether oxygens (including phenoxy) is 2. The molecule has 1 saturated carbocycles. The number of urea groups is 2. The number of para-hydroxylation sites is 1. The van der Waals surface area contributed by atoms with Crippen molar-refractivity contribution in [2.75, 3.05) is 44.0 Å². The molecule has 1 fully saturated rings. The van der Waals surface area contributed by atoms with Crippen LogP contribution in [-0.4, -0.2) is 90.5 Å². The van der Waals surface area contributed by atoms with Crippen molar-refractivity contribution in [2.45, 2.75) is 96.4 Å². The van der Waals surface area contributed by atoms with E-state index in [2.05, 4.69) is 16.0 Å². The van der Waals surface area contributed by atoms with Crippen LogP contribution in [0.3, 0.4) is 0 Å². The molecule has 258 valence electrons. The van der Waals surface area contributed by atoms with Gasteiger partial charge in [-0.05, 0) is 76.3 Å². The molecule has 47 heavy (non-hydrogen) atoms. The van der Waals surface area contributed by atoms with Crippen molar-refractivity contribution in [1.82, 2.24) is 15.1 Å². The van der Waals surface area contributed by atoms with Crippen LogP contribution in [0, 0.1) is 5.92 Å². The quantitative estimate of drug-likeness (QED) is 0.286. The lowest BCUT2D eigenvalue weighted by atomic mass is 9.96. The normalized spacial score (nSPS) is 22.2. The molecule has 0 unspecified atom stereocenters. The first-order valence-corrected chi connectivity index (χ1v) is 17.1. The van der Waals surface area contributed by atoms with Crippen LogP contribution in [0.1, 0.15) is 82.5 Å². The summed E-state index contributed by atoms with van der Waals surface area (Å²) < 4.78 is 12.7. The second-order valence-corrected chi connectivity index (χ2v) is 13.1. The van der Waals surface area contributed by atoms with Gasteiger partial charge in [-0.1, -0.05) is 44.4 Å². The SMILES string of the molecule is C[C@@H]1CCCCO[C@H](CN(C)C(=O)Nc2ccccc2)[C@@H](C)CN([C@H](C)CO)C(=O)c2cc(NC(=O)NC3CCCCC3)ccc2O1. The Kier molecular flexibility index (Phi) is 13.7. The Bertz CT molecular complexity index is 1300. The maximum absolute atomic E-state index is 14.3. The van der Waals surface area contributed by atoms with Gasteiger partial charge in [0, 0.05) is 50.1 Å². The molecule has 11 heteroatoms. The van der Waals surface area contributed by atoms with Gasteiger partial charge in [-0.3, -0.25) is 4.79 Å². The van der Waals surface area contributed by atoms with E-state index in [1.807, 2.05) is 44.2 Å². The fourth-order valence-corrected chi connectivity index (χ4v) is 6.16. The van der Waals surface area contributed by atoms with E-state index >= 15 is 0 Å². The highest BCUT2D eigenvalue weighted by Gasteiger charge is 2.31. The summed E-state index contributed by atoms with van der Waals surface area (Å²) >= 11 is 0. The van der Waals surface area contributed by atoms with Gasteiger partial charge >= 0.3 is 12.1 Å². The van der Waals surface area contributed by atoms with E-state index in [9.17, 15) is 19.5 Å². The van der Waals surface area contributed by atoms with Crippen LogP contribution < -0.4 is 20.7 Å². The number of anilines is 2. The molecule has 2 aromatic carbocycles. The van der Waals surface area contributed by atoms with Gasteiger partial charge in [0.2, 0.25) is 0 Å². The maximum Gasteiger partial charge on any atom is 0.321 e. The molecule has 4 N–H and O–H groups in total. The van der Waals surface area contributed by atoms with Crippen LogP contribution in [0.5, 0.6) is 5.75 Å². The van der Waals surface area contributed by atoms with Gasteiger partial charge in [-0.2, -0.15) is 0 Å². The minimum Gasteiger partial charge on any atom is -0.490 e. The number of aliphatic hydroxyl groups excluding tert-OH is 1. The second-order valence-electron chi connectivity index (χ2n) is 13.1. The standard InChI is InChI=1S/C36H53N5O6/c1-25-22-41(26(2)24-42)34(43)31-21-30(38-35(44)37-28-14-7-5-8-15-28)18-19-32(31)47-27(3)13-11-12-20-46-33(25)23-40(4)36(45)39-29-16-9-6-10-17-29/h6,9-10,16-19,21,25-28,33,42H,5,7-8,11-15,20,22-24H2,1-4H3,(H,39,45)(H2,37,38,44)/t25-,26+,27+,33+/m0/s1. The molecule has 0 bridgehead atoms. The second kappa shape index (κ2) is 17.9. The molecule has 0 saturated heterocycles. The number of hydrogen-bond acceptors (Lipinski definition) is 6. The van der Waals surface area contributed by atoms with Crippen LogP contribution >= 0.6 is 0 Å². The smallest absolute Gasteiger partial charge is 0.321 e. The summed E-state index contributed by atoms with van der Waals surface area (Å²) in [5, 5.41) is 19.1. The van der Waals surface area contributed by atoms with E-state index in [1.54, 1.807) is 42.0 Å². The first-order chi connectivity index (χ1) is 22.6. The lowest BCUT2D eigenvalue weighted by Gasteiger charge is -2.35. The molecule has 0 aromatic heterocycles. The third kappa shape index (κ3) is 10.9. The summed E-state index contributed by atoms with van der Waals surface area (Å²) in [6, 6.07) is 13.5. The number of nitrogens with one attached hydrogen (secondary N) is 3. The van der Waals surface area contributed by atoms with Gasteiger partial charge in [0.05, 0.1) is 30.4 Å². The number of aliphatic hydroxyl groups is 1. The zero-order chi connectivity index (χ0) is 33.8. The summed E-state index contributed by atoms with van der Waals surface area (Å²) in [5.74, 6) is -0.0673. The average molecular weight is 652 g/mol. The number of rotatable bonds is 7. The third-order valence-corrected chi connectivity index (χ3v) is 9.08. The number of fused-ring (bicyclic) bond motifs is 1. The minimum absolute atomic E-state index is 0.146. The van der Waals surface area contributed by atoms with Gasteiger partial charge in [-0.25, -0.2) is 9.59 Å². The Hall–Kier alpha value is -3.83. The van der Waals surface area contributed by atoms with Crippen molar-refractivity contribution in [3.8, 4) is 5.75 Å². The Morgan fingerprint density at radius 2 is 1.70 bits per heavy atom. The number of carbonyl (C=O) groups excluding carboxylic acids is 3. The summed E-state index contributed by atoms with van der Waals surface area (Å²) in [6.45, 7) is 6.63. The molecule has 2 aliphatic rings. The number of hydrogen-bond donors (Lipinski definition) is 4. The lowest BCUT2D eigenvalue weighted by Crippen LogP contribution is -2.48. The van der Waals surface area contributed by atoms with E-state index in [0.29, 0.717) is 35.8 Å². The van der Waals surface area contributed by atoms with E-state index in [4.69, 9.17) is 9.47 Å². The van der Waals surface area contributed by atoms with Crippen molar-refractivity contribution < 1.29 is 29.0 Å². The number of benzene rings is 2. The zero-order valence-electron chi connectivity index (χ0n) is 28.4. The van der Waals surface area contributed by atoms with Crippen LogP contribution in [-0.2, 0) is 4.74 Å². The van der Waals surface area contributed by atoms with E-state index in [0.717, 1.165) is 44.9 Å². The number of likely N-dealkylation sites (N-methyl/N-ethyl adjacent to an activating group) is 1. The zero-order valence-corrected chi connectivity index (χ0v) is 28.4. The maximum atomic E-state index is 14.3. The average Bonchev–Trinajstić information content (AvgIpc) is 3.06. The Balaban J connectivity index is 1.56. The van der Waals surface area contributed by atoms with Crippen molar-refractivity contribution >= 4 is 29.3 Å². The molecule has 4 atom stereocenters. The Morgan fingerprint density at radius 3 is 2.43 bits per heavy atom. The fourth-order valence-electron chi connectivity index (χ4n) is 6.16. The van der Waals surface area contributed by atoms with Gasteiger partial charge in [0.15, 0.2) is 0 Å². The predicted octanol–water partition coefficient (Wildman–Crippen LogP) is 6.10. The van der Waals surface area contributed by atoms with E-state index < -0.39 is 6.04 Å². The monoisotopic (exact) mass is 651 g/mol. The molecule has 11 nitrogen and oxygen atoms in total. The first kappa shape index (κ1) is 36.0. The molecule has 0 spiro atoms. The Morgan fingerprint density at radius 1 is 0.979 bits per heavy atom. The third-order valence-electron chi connectivity index (χ3n) is 9.08. The van der Waals surface area contributed by atoms with E-state index in [-0.39, 0.29) is 55.3 Å². The van der Waals surface area contributed by atoms with Crippen molar-refractivity contribution in [3.05, 3.63) is 54.1 Å². The van der Waals surface area contributed by atoms with Crippen LogP contribution in [0.15, 0.2) is 48.5 Å². The minimum atomic E-state index is -0.505. The van der Waals surface area contributed by atoms with Crippen molar-refractivity contribution in [3.63, 3.8) is 0 Å². The molecule has 2 aromatic rings. The predicted molar refractivity (Wildman–Crippen MR) is 184 cm³/mol. The first-order valence-electron chi connectivity index (χ1n) is 17.1. The lowest BCUT2D eigenvalue weighted by molar-refractivity contribution is -0.0115. The molecule has 1 aliphatic carbocycles. The van der Waals surface area contributed by atoms with Crippen molar-refractivity contribution in [2.24, 2.45) is 5.92 Å². The molecule has 5 amide bonds. The van der Waals surface area contributed by atoms with Crippen LogP contribution in [0.25, 0.3) is 0 Å². The fraction of sp³-hybridized carbons (Fsp3) is 0.583. The molecule has 1 heterocycles. The molecule has 1 aliphatic heterocycles. The largest absolute Gasteiger partial charge is 0.490 e. The number of carbonyl (C=O) groups is 3. The molecular weight excluding hydrogens is 598 g/mol. The van der Waals surface area contributed by atoms with Crippen LogP contribution in [0.4, 0.5) is 21.0 Å². The highest BCUT2D eigenvalue weighted by Crippen LogP contribution is 2.29. The summed E-state index contributed by atoms with van der Waals surface area (Å²) in [4.78, 5) is 43.5. The summed E-state index contributed by atoms with van der Waals surface area (Å²) in [5.41, 5.74) is 1.50. The highest BCUT2D eigenvalue weighted by molar-refractivity contribution is 5.99.